The summed E-state index contributed by atoms with van der Waals surface area (Å²) >= 11 is 0. The van der Waals surface area contributed by atoms with Gasteiger partial charge in [0.15, 0.2) is 0 Å². The van der Waals surface area contributed by atoms with Crippen molar-refractivity contribution < 1.29 is 4.79 Å². The van der Waals surface area contributed by atoms with E-state index in [1.165, 1.54) is 16.7 Å². The standard InChI is InChI=1S/C23H32N4O/c1-2-25-22(28)27-16-10-20-5-3-4-6-21(20)23(27)11-17-26(18-12-23)15-9-19-7-13-24-14-8-19/h5-8,13-14H,2-4,9-12,15-18H2,1H3,(H,25,28). The number of hydrogen-bond acceptors (Lipinski definition) is 3. The third-order valence-electron chi connectivity index (χ3n) is 6.60. The normalized spacial score (nSPS) is 21.7. The molecular weight excluding hydrogens is 348 g/mol. The van der Waals surface area contributed by atoms with Crippen molar-refractivity contribution in [3.05, 3.63) is 53.4 Å². The molecule has 2 fully saturated rings. The first-order valence-electron chi connectivity index (χ1n) is 10.8. The maximum absolute atomic E-state index is 12.9. The molecule has 1 spiro atoms. The van der Waals surface area contributed by atoms with Gasteiger partial charge in [0.2, 0.25) is 0 Å². The molecule has 0 bridgehead atoms. The fourth-order valence-corrected chi connectivity index (χ4v) is 5.11. The van der Waals surface area contributed by atoms with Crippen LogP contribution in [0, 0.1) is 0 Å². The van der Waals surface area contributed by atoms with Gasteiger partial charge in [-0.15, -0.1) is 0 Å². The number of nitrogens with zero attached hydrogens (tertiary/aromatic N) is 3. The Balaban J connectivity index is 1.48. The lowest BCUT2D eigenvalue weighted by Gasteiger charge is -2.54. The van der Waals surface area contributed by atoms with E-state index < -0.39 is 0 Å². The molecule has 4 rings (SSSR count). The number of amides is 2. The Bertz CT molecular complexity index is 747. The van der Waals surface area contributed by atoms with E-state index in [0.29, 0.717) is 6.54 Å². The molecule has 2 aliphatic heterocycles. The topological polar surface area (TPSA) is 48.5 Å². The molecule has 150 valence electrons. The highest BCUT2D eigenvalue weighted by molar-refractivity contribution is 5.77. The van der Waals surface area contributed by atoms with Crippen molar-refractivity contribution in [2.45, 2.75) is 51.0 Å². The minimum absolute atomic E-state index is 0.109. The average molecular weight is 381 g/mol. The Morgan fingerprint density at radius 3 is 2.64 bits per heavy atom. The predicted molar refractivity (Wildman–Crippen MR) is 112 cm³/mol. The van der Waals surface area contributed by atoms with Crippen LogP contribution in [0.4, 0.5) is 4.79 Å². The van der Waals surface area contributed by atoms with E-state index in [4.69, 9.17) is 0 Å². The van der Waals surface area contributed by atoms with E-state index in [-0.39, 0.29) is 11.6 Å². The van der Waals surface area contributed by atoms with Crippen LogP contribution in [0.3, 0.4) is 0 Å². The zero-order valence-corrected chi connectivity index (χ0v) is 17.0. The summed E-state index contributed by atoms with van der Waals surface area (Å²) in [5, 5.41) is 3.06. The molecule has 1 N–H and O–H groups in total. The first kappa shape index (κ1) is 19.2. The molecule has 0 atom stereocenters. The van der Waals surface area contributed by atoms with Crippen molar-refractivity contribution in [2.75, 3.05) is 32.7 Å². The fraction of sp³-hybridized carbons (Fsp3) is 0.565. The number of urea groups is 1. The number of piperidine rings is 2. The van der Waals surface area contributed by atoms with Crippen LogP contribution < -0.4 is 5.32 Å². The van der Waals surface area contributed by atoms with Gasteiger partial charge in [-0.1, -0.05) is 12.2 Å². The van der Waals surface area contributed by atoms with Crippen LogP contribution in [0.5, 0.6) is 0 Å². The number of carbonyl (C=O) groups is 1. The highest BCUT2D eigenvalue weighted by atomic mass is 16.2. The van der Waals surface area contributed by atoms with E-state index in [2.05, 4.69) is 44.4 Å². The lowest BCUT2D eigenvalue weighted by molar-refractivity contribution is 0.0627. The van der Waals surface area contributed by atoms with Gasteiger partial charge in [-0.25, -0.2) is 4.79 Å². The molecular formula is C23H32N4O. The molecule has 2 saturated heterocycles. The Kier molecular flexibility index (Phi) is 5.81. The summed E-state index contributed by atoms with van der Waals surface area (Å²) in [5.74, 6) is 0. The summed E-state index contributed by atoms with van der Waals surface area (Å²) in [6, 6.07) is 4.32. The highest BCUT2D eigenvalue weighted by Gasteiger charge is 2.48. The molecule has 1 aromatic heterocycles. The smallest absolute Gasteiger partial charge is 0.318 e. The SMILES string of the molecule is CCNC(=O)N1CCC2=CCCC=C2C12CCN(CCc1ccncc1)CC2. The van der Waals surface area contributed by atoms with Crippen molar-refractivity contribution in [1.29, 1.82) is 0 Å². The third kappa shape index (κ3) is 3.72. The lowest BCUT2D eigenvalue weighted by Crippen LogP contribution is -2.63. The zero-order valence-electron chi connectivity index (χ0n) is 17.0. The molecule has 1 aliphatic carbocycles. The molecule has 28 heavy (non-hydrogen) atoms. The quantitative estimate of drug-likeness (QED) is 0.869. The van der Waals surface area contributed by atoms with Crippen LogP contribution >= 0.6 is 0 Å². The van der Waals surface area contributed by atoms with Crippen molar-refractivity contribution >= 4 is 6.03 Å². The van der Waals surface area contributed by atoms with Crippen LogP contribution in [0.2, 0.25) is 0 Å². The second-order valence-corrected chi connectivity index (χ2v) is 8.14. The molecule has 0 unspecified atom stereocenters. The molecule has 5 nitrogen and oxygen atoms in total. The summed E-state index contributed by atoms with van der Waals surface area (Å²) < 4.78 is 0. The second-order valence-electron chi connectivity index (χ2n) is 8.14. The van der Waals surface area contributed by atoms with Crippen LogP contribution in [-0.4, -0.2) is 59.1 Å². The Morgan fingerprint density at radius 1 is 1.14 bits per heavy atom. The number of aromatic nitrogens is 1. The van der Waals surface area contributed by atoms with E-state index in [1.54, 1.807) is 0 Å². The summed E-state index contributed by atoms with van der Waals surface area (Å²) in [6.45, 7) is 6.69. The number of allylic oxidation sites excluding steroid dienone is 2. The van der Waals surface area contributed by atoms with Crippen LogP contribution in [-0.2, 0) is 6.42 Å². The third-order valence-corrected chi connectivity index (χ3v) is 6.60. The number of pyridine rings is 1. The van der Waals surface area contributed by atoms with E-state index in [0.717, 1.165) is 64.7 Å². The van der Waals surface area contributed by atoms with Crippen LogP contribution in [0.1, 0.15) is 44.6 Å². The molecule has 1 aromatic rings. The van der Waals surface area contributed by atoms with Crippen LogP contribution in [0.25, 0.3) is 0 Å². The Morgan fingerprint density at radius 2 is 1.89 bits per heavy atom. The van der Waals surface area contributed by atoms with Gasteiger partial charge < -0.3 is 15.1 Å². The molecule has 0 radical (unpaired) electrons. The number of fused-ring (bicyclic) bond motifs is 2. The first-order chi connectivity index (χ1) is 13.7. The molecule has 3 aliphatic rings. The van der Waals surface area contributed by atoms with Gasteiger partial charge >= 0.3 is 6.03 Å². The van der Waals surface area contributed by atoms with E-state index >= 15 is 0 Å². The molecule has 3 heterocycles. The van der Waals surface area contributed by atoms with Gasteiger partial charge in [0.05, 0.1) is 5.54 Å². The average Bonchev–Trinajstić information content (AvgIpc) is 2.75. The van der Waals surface area contributed by atoms with E-state index in [9.17, 15) is 4.79 Å². The minimum atomic E-state index is -0.114. The Labute approximate surface area is 168 Å². The first-order valence-corrected chi connectivity index (χ1v) is 10.8. The van der Waals surface area contributed by atoms with Crippen LogP contribution in [0.15, 0.2) is 47.8 Å². The summed E-state index contributed by atoms with van der Waals surface area (Å²) in [4.78, 5) is 21.7. The fourth-order valence-electron chi connectivity index (χ4n) is 5.11. The highest BCUT2D eigenvalue weighted by Crippen LogP contribution is 2.45. The predicted octanol–water partition coefficient (Wildman–Crippen LogP) is 3.54. The number of rotatable bonds is 4. The largest absolute Gasteiger partial charge is 0.338 e. The van der Waals surface area contributed by atoms with Crippen molar-refractivity contribution in [2.24, 2.45) is 0 Å². The number of carbonyl (C=O) groups excluding carboxylic acids is 1. The van der Waals surface area contributed by atoms with Crippen molar-refractivity contribution in [3.8, 4) is 0 Å². The maximum Gasteiger partial charge on any atom is 0.318 e. The van der Waals surface area contributed by atoms with Gasteiger partial charge in [0, 0.05) is 45.1 Å². The molecule has 0 aromatic carbocycles. The van der Waals surface area contributed by atoms with Crippen molar-refractivity contribution in [3.63, 3.8) is 0 Å². The molecule has 2 amide bonds. The number of hydrogen-bond donors (Lipinski definition) is 1. The maximum atomic E-state index is 12.9. The van der Waals surface area contributed by atoms with Gasteiger partial charge in [-0.2, -0.15) is 0 Å². The summed E-state index contributed by atoms with van der Waals surface area (Å²) in [5.41, 5.74) is 4.18. The number of nitrogens with one attached hydrogen (secondary N) is 1. The molecule has 5 heteroatoms. The van der Waals surface area contributed by atoms with Gasteiger partial charge in [-0.3, -0.25) is 4.98 Å². The van der Waals surface area contributed by atoms with Gasteiger partial charge in [0.1, 0.15) is 0 Å². The molecule has 0 saturated carbocycles. The minimum Gasteiger partial charge on any atom is -0.338 e. The zero-order chi connectivity index (χ0) is 19.4. The van der Waals surface area contributed by atoms with Gasteiger partial charge in [0.25, 0.3) is 0 Å². The summed E-state index contributed by atoms with van der Waals surface area (Å²) in [7, 11) is 0. The number of likely N-dealkylation sites (tertiary alicyclic amines) is 2. The lowest BCUT2D eigenvalue weighted by atomic mass is 9.70. The summed E-state index contributed by atoms with van der Waals surface area (Å²) in [6.07, 6.45) is 15.0. The second kappa shape index (κ2) is 8.48. The van der Waals surface area contributed by atoms with E-state index in [1.807, 2.05) is 19.3 Å². The Hall–Kier alpha value is -2.14. The van der Waals surface area contributed by atoms with Gasteiger partial charge in [-0.05, 0) is 74.3 Å². The monoisotopic (exact) mass is 380 g/mol. The van der Waals surface area contributed by atoms with Crippen molar-refractivity contribution in [1.82, 2.24) is 20.1 Å².